The zero-order valence-corrected chi connectivity index (χ0v) is 10.6. The summed E-state index contributed by atoms with van der Waals surface area (Å²) in [7, 11) is 0. The lowest BCUT2D eigenvalue weighted by molar-refractivity contribution is 0.0668. The number of likely N-dealkylation sites (N-methyl/N-ethyl adjacent to an activating group) is 1. The van der Waals surface area contributed by atoms with Crippen molar-refractivity contribution < 1.29 is 9.21 Å². The normalized spacial score (nSPS) is 19.6. The van der Waals surface area contributed by atoms with E-state index in [9.17, 15) is 4.79 Å². The van der Waals surface area contributed by atoms with Crippen molar-refractivity contribution in [3.63, 3.8) is 0 Å². The number of amides is 1. The molecule has 0 radical (unpaired) electrons. The number of rotatable bonds is 3. The third-order valence-electron chi connectivity index (χ3n) is 3.17. The number of aryl methyl sites for hydroxylation is 2. The van der Waals surface area contributed by atoms with Crippen LogP contribution in [0, 0.1) is 13.8 Å². The minimum atomic E-state index is -0.0423. The van der Waals surface area contributed by atoms with Gasteiger partial charge in [0.25, 0.3) is 5.91 Å². The molecule has 2 heterocycles. The van der Waals surface area contributed by atoms with Gasteiger partial charge in [0.05, 0.1) is 5.69 Å². The van der Waals surface area contributed by atoms with Crippen LogP contribution in [0.3, 0.4) is 0 Å². The summed E-state index contributed by atoms with van der Waals surface area (Å²) in [5.74, 6) is 0.891. The van der Waals surface area contributed by atoms with Gasteiger partial charge >= 0.3 is 0 Å². The molecule has 1 atom stereocenters. The fourth-order valence-electron chi connectivity index (χ4n) is 2.33. The fourth-order valence-corrected chi connectivity index (χ4v) is 2.33. The van der Waals surface area contributed by atoms with E-state index in [0.717, 1.165) is 19.5 Å². The first-order chi connectivity index (χ1) is 8.13. The Kier molecular flexibility index (Phi) is 3.47. The van der Waals surface area contributed by atoms with Crippen molar-refractivity contribution in [3.8, 4) is 0 Å². The second-order valence-electron chi connectivity index (χ2n) is 4.39. The molecule has 0 spiro atoms. The molecule has 1 aromatic rings. The van der Waals surface area contributed by atoms with Crippen molar-refractivity contribution in [2.45, 2.75) is 33.2 Å². The fraction of sp³-hybridized carbons (Fsp3) is 0.667. The number of nitrogens with zero attached hydrogens (tertiary/aromatic N) is 2. The Labute approximate surface area is 101 Å². The van der Waals surface area contributed by atoms with Gasteiger partial charge in [-0.05, 0) is 26.8 Å². The first kappa shape index (κ1) is 12.1. The highest BCUT2D eigenvalue weighted by Crippen LogP contribution is 2.16. The van der Waals surface area contributed by atoms with Crippen molar-refractivity contribution in [2.24, 2.45) is 0 Å². The Bertz CT molecular complexity index is 408. The summed E-state index contributed by atoms with van der Waals surface area (Å²) in [6, 6.07) is 0.275. The molecule has 0 aromatic carbocycles. The standard InChI is InChI=1S/C12H19N3O2/c1-4-15(10-5-6-13-7-10)12(16)11-8(2)14-9(3)17-11/h10,13H,4-7H2,1-3H3. The molecule has 17 heavy (non-hydrogen) atoms. The van der Waals surface area contributed by atoms with Gasteiger partial charge in [0, 0.05) is 26.1 Å². The quantitative estimate of drug-likeness (QED) is 0.855. The van der Waals surface area contributed by atoms with Gasteiger partial charge in [-0.2, -0.15) is 0 Å². The molecule has 1 fully saturated rings. The van der Waals surface area contributed by atoms with E-state index in [1.807, 2.05) is 18.7 Å². The summed E-state index contributed by atoms with van der Waals surface area (Å²) in [6.07, 6.45) is 1.01. The van der Waals surface area contributed by atoms with Crippen molar-refractivity contribution in [2.75, 3.05) is 19.6 Å². The van der Waals surface area contributed by atoms with Crippen LogP contribution in [0.25, 0.3) is 0 Å². The molecular formula is C12H19N3O2. The van der Waals surface area contributed by atoms with E-state index in [0.29, 0.717) is 23.9 Å². The molecule has 94 valence electrons. The van der Waals surface area contributed by atoms with Gasteiger partial charge in [-0.3, -0.25) is 4.79 Å². The molecule has 0 aliphatic carbocycles. The molecule has 1 amide bonds. The third kappa shape index (κ3) is 2.34. The highest BCUT2D eigenvalue weighted by atomic mass is 16.4. The number of nitrogens with one attached hydrogen (secondary N) is 1. The van der Waals surface area contributed by atoms with E-state index in [2.05, 4.69) is 10.3 Å². The van der Waals surface area contributed by atoms with Crippen LogP contribution in [0.2, 0.25) is 0 Å². The zero-order valence-electron chi connectivity index (χ0n) is 10.6. The summed E-state index contributed by atoms with van der Waals surface area (Å²) < 4.78 is 5.40. The maximum absolute atomic E-state index is 12.4. The van der Waals surface area contributed by atoms with Crippen molar-refractivity contribution in [3.05, 3.63) is 17.3 Å². The summed E-state index contributed by atoms with van der Waals surface area (Å²) in [4.78, 5) is 18.4. The van der Waals surface area contributed by atoms with Gasteiger partial charge in [0.15, 0.2) is 5.89 Å². The zero-order chi connectivity index (χ0) is 12.4. The van der Waals surface area contributed by atoms with Crippen LogP contribution in [0.5, 0.6) is 0 Å². The number of oxazole rings is 1. The van der Waals surface area contributed by atoms with Gasteiger partial charge in [-0.1, -0.05) is 0 Å². The van der Waals surface area contributed by atoms with Crippen molar-refractivity contribution in [1.82, 2.24) is 15.2 Å². The SMILES string of the molecule is CCN(C(=O)c1oc(C)nc1C)C1CCNC1. The number of hydrogen-bond acceptors (Lipinski definition) is 4. The summed E-state index contributed by atoms with van der Waals surface area (Å²) in [5.41, 5.74) is 0.678. The molecule has 1 aliphatic rings. The van der Waals surface area contributed by atoms with Gasteiger partial charge in [-0.25, -0.2) is 4.98 Å². The molecule has 1 unspecified atom stereocenters. The second-order valence-corrected chi connectivity index (χ2v) is 4.39. The summed E-state index contributed by atoms with van der Waals surface area (Å²) >= 11 is 0. The smallest absolute Gasteiger partial charge is 0.291 e. The first-order valence-corrected chi connectivity index (χ1v) is 6.09. The average Bonchev–Trinajstić information content (AvgIpc) is 2.89. The van der Waals surface area contributed by atoms with E-state index in [-0.39, 0.29) is 11.9 Å². The lowest BCUT2D eigenvalue weighted by atomic mass is 10.2. The lowest BCUT2D eigenvalue weighted by Gasteiger charge is -2.26. The van der Waals surface area contributed by atoms with E-state index in [1.54, 1.807) is 6.92 Å². The highest BCUT2D eigenvalue weighted by molar-refractivity contribution is 5.92. The van der Waals surface area contributed by atoms with E-state index in [1.165, 1.54) is 0 Å². The van der Waals surface area contributed by atoms with Crippen molar-refractivity contribution >= 4 is 5.91 Å². The van der Waals surface area contributed by atoms with Crippen LogP contribution < -0.4 is 5.32 Å². The van der Waals surface area contributed by atoms with Crippen LogP contribution in [0.1, 0.15) is 35.5 Å². The van der Waals surface area contributed by atoms with Crippen LogP contribution in [-0.2, 0) is 0 Å². The molecule has 1 aromatic heterocycles. The van der Waals surface area contributed by atoms with E-state index >= 15 is 0 Å². The maximum atomic E-state index is 12.4. The first-order valence-electron chi connectivity index (χ1n) is 6.09. The predicted octanol–water partition coefficient (Wildman–Crippen LogP) is 1.12. The van der Waals surface area contributed by atoms with Gasteiger partial charge in [0.1, 0.15) is 0 Å². The number of hydrogen-bond donors (Lipinski definition) is 1. The molecule has 0 bridgehead atoms. The largest absolute Gasteiger partial charge is 0.436 e. The topological polar surface area (TPSA) is 58.4 Å². The van der Waals surface area contributed by atoms with Crippen LogP contribution in [0.15, 0.2) is 4.42 Å². The van der Waals surface area contributed by atoms with Gasteiger partial charge < -0.3 is 14.6 Å². The second kappa shape index (κ2) is 4.87. The number of carbonyl (C=O) groups is 1. The van der Waals surface area contributed by atoms with Crippen LogP contribution in [-0.4, -0.2) is 41.5 Å². The Morgan fingerprint density at radius 1 is 1.59 bits per heavy atom. The molecule has 1 N–H and O–H groups in total. The number of carbonyl (C=O) groups excluding carboxylic acids is 1. The van der Waals surface area contributed by atoms with Crippen molar-refractivity contribution in [1.29, 1.82) is 0 Å². The molecular weight excluding hydrogens is 218 g/mol. The Morgan fingerprint density at radius 3 is 2.82 bits per heavy atom. The van der Waals surface area contributed by atoms with E-state index in [4.69, 9.17) is 4.42 Å². The summed E-state index contributed by atoms with van der Waals surface area (Å²) in [6.45, 7) is 8.11. The maximum Gasteiger partial charge on any atom is 0.291 e. The van der Waals surface area contributed by atoms with Gasteiger partial charge in [0.2, 0.25) is 5.76 Å². The molecule has 1 aliphatic heterocycles. The van der Waals surface area contributed by atoms with Gasteiger partial charge in [-0.15, -0.1) is 0 Å². The Morgan fingerprint density at radius 2 is 2.35 bits per heavy atom. The summed E-state index contributed by atoms with van der Waals surface area (Å²) in [5, 5.41) is 3.27. The molecule has 5 heteroatoms. The highest BCUT2D eigenvalue weighted by Gasteiger charge is 2.29. The monoisotopic (exact) mass is 237 g/mol. The van der Waals surface area contributed by atoms with E-state index < -0.39 is 0 Å². The minimum absolute atomic E-state index is 0.0423. The van der Waals surface area contributed by atoms with Crippen LogP contribution >= 0.6 is 0 Å². The Hall–Kier alpha value is -1.36. The Balaban J connectivity index is 2.19. The minimum Gasteiger partial charge on any atom is -0.436 e. The molecule has 2 rings (SSSR count). The predicted molar refractivity (Wildman–Crippen MR) is 64.0 cm³/mol. The van der Waals surface area contributed by atoms with Crippen LogP contribution in [0.4, 0.5) is 0 Å². The third-order valence-corrected chi connectivity index (χ3v) is 3.17. The lowest BCUT2D eigenvalue weighted by Crippen LogP contribution is -2.41. The molecule has 1 saturated heterocycles. The average molecular weight is 237 g/mol. The number of aromatic nitrogens is 1. The molecule has 5 nitrogen and oxygen atoms in total. The molecule has 0 saturated carbocycles.